The van der Waals surface area contributed by atoms with Crippen LogP contribution in [0.5, 0.6) is 0 Å². The van der Waals surface area contributed by atoms with E-state index in [0.717, 1.165) is 16.8 Å². The molecule has 1 amide bonds. The van der Waals surface area contributed by atoms with Crippen LogP contribution in [0.15, 0.2) is 90.0 Å². The summed E-state index contributed by atoms with van der Waals surface area (Å²) in [6.45, 7) is 1.88. The predicted octanol–water partition coefficient (Wildman–Crippen LogP) is 4.51. The lowest BCUT2D eigenvalue weighted by Crippen LogP contribution is -2.19. The Morgan fingerprint density at radius 3 is 1.88 bits per heavy atom. The molecule has 0 spiro atoms. The molecule has 3 aromatic rings. The smallest absolute Gasteiger partial charge is 0.267 e. The summed E-state index contributed by atoms with van der Waals surface area (Å²) in [7, 11) is 0. The molecule has 0 radical (unpaired) electrons. The number of rotatable bonds is 4. The topological polar surface area (TPSA) is 41.5 Å². The van der Waals surface area contributed by atoms with E-state index >= 15 is 0 Å². The van der Waals surface area contributed by atoms with E-state index in [1.807, 2.05) is 55.5 Å². The molecule has 0 aliphatic rings. The van der Waals surface area contributed by atoms with Crippen LogP contribution in [0.25, 0.3) is 11.1 Å². The van der Waals surface area contributed by atoms with Crippen molar-refractivity contribution in [1.29, 1.82) is 0 Å². The molecule has 0 aliphatic carbocycles. The van der Waals surface area contributed by atoms with E-state index in [1.165, 1.54) is 5.56 Å². The van der Waals surface area contributed by atoms with Gasteiger partial charge in [-0.3, -0.25) is 4.79 Å². The molecule has 0 saturated carbocycles. The molecule has 0 unspecified atom stereocenters. The second-order valence-corrected chi connectivity index (χ2v) is 5.45. The Labute approximate surface area is 141 Å². The van der Waals surface area contributed by atoms with Crippen molar-refractivity contribution in [2.45, 2.75) is 6.92 Å². The molecule has 0 aliphatic heterocycles. The Balaban J connectivity index is 1.71. The summed E-state index contributed by atoms with van der Waals surface area (Å²) in [6, 6.07) is 27.4. The second kappa shape index (κ2) is 7.38. The SMILES string of the molecule is C/C(=N\NC(=O)c1ccccc1)c1ccc(-c2ccccc2)cc1. The van der Waals surface area contributed by atoms with Crippen molar-refractivity contribution in [2.75, 3.05) is 0 Å². The summed E-state index contributed by atoms with van der Waals surface area (Å²) in [4.78, 5) is 12.0. The molecule has 0 saturated heterocycles. The molecular formula is C21H18N2O. The molecule has 0 heterocycles. The first kappa shape index (κ1) is 15.7. The minimum absolute atomic E-state index is 0.212. The number of amides is 1. The lowest BCUT2D eigenvalue weighted by molar-refractivity contribution is 0.0955. The molecule has 3 rings (SSSR count). The zero-order chi connectivity index (χ0) is 16.8. The van der Waals surface area contributed by atoms with Crippen LogP contribution in [0.3, 0.4) is 0 Å². The highest BCUT2D eigenvalue weighted by atomic mass is 16.2. The van der Waals surface area contributed by atoms with Gasteiger partial charge in [-0.1, -0.05) is 72.8 Å². The van der Waals surface area contributed by atoms with E-state index in [4.69, 9.17) is 0 Å². The van der Waals surface area contributed by atoms with E-state index in [2.05, 4.69) is 34.8 Å². The minimum atomic E-state index is -0.212. The molecule has 3 heteroatoms. The number of hydrogen-bond donors (Lipinski definition) is 1. The number of nitrogens with one attached hydrogen (secondary N) is 1. The van der Waals surface area contributed by atoms with Crippen LogP contribution in [0.4, 0.5) is 0 Å². The number of carbonyl (C=O) groups excluding carboxylic acids is 1. The molecule has 0 atom stereocenters. The van der Waals surface area contributed by atoms with E-state index in [1.54, 1.807) is 12.1 Å². The van der Waals surface area contributed by atoms with Crippen LogP contribution in [-0.2, 0) is 0 Å². The van der Waals surface area contributed by atoms with Crippen molar-refractivity contribution in [1.82, 2.24) is 5.43 Å². The van der Waals surface area contributed by atoms with Gasteiger partial charge in [0.25, 0.3) is 5.91 Å². The Hall–Kier alpha value is -3.20. The Morgan fingerprint density at radius 2 is 1.25 bits per heavy atom. The summed E-state index contributed by atoms with van der Waals surface area (Å²) in [5.74, 6) is -0.212. The maximum Gasteiger partial charge on any atom is 0.271 e. The van der Waals surface area contributed by atoms with Gasteiger partial charge in [-0.2, -0.15) is 5.10 Å². The molecule has 0 fully saturated rings. The van der Waals surface area contributed by atoms with Gasteiger partial charge in [0.15, 0.2) is 0 Å². The average Bonchev–Trinajstić information content (AvgIpc) is 2.67. The molecule has 0 aromatic heterocycles. The van der Waals surface area contributed by atoms with Crippen LogP contribution in [0.2, 0.25) is 0 Å². The number of nitrogens with zero attached hydrogens (tertiary/aromatic N) is 1. The first-order valence-corrected chi connectivity index (χ1v) is 7.79. The largest absolute Gasteiger partial charge is 0.271 e. The predicted molar refractivity (Wildman–Crippen MR) is 98.0 cm³/mol. The van der Waals surface area contributed by atoms with Crippen LogP contribution < -0.4 is 5.43 Å². The summed E-state index contributed by atoms with van der Waals surface area (Å²) in [5, 5.41) is 4.19. The van der Waals surface area contributed by atoms with Gasteiger partial charge in [0.05, 0.1) is 5.71 Å². The highest BCUT2D eigenvalue weighted by Crippen LogP contribution is 2.19. The third-order valence-electron chi connectivity index (χ3n) is 3.77. The van der Waals surface area contributed by atoms with Crippen molar-refractivity contribution in [3.8, 4) is 11.1 Å². The van der Waals surface area contributed by atoms with Crippen molar-refractivity contribution in [3.05, 3.63) is 96.1 Å². The molecule has 1 N–H and O–H groups in total. The fourth-order valence-corrected chi connectivity index (χ4v) is 2.39. The van der Waals surface area contributed by atoms with Gasteiger partial charge in [-0.25, -0.2) is 5.43 Å². The molecule has 3 nitrogen and oxygen atoms in total. The van der Waals surface area contributed by atoms with E-state index in [0.29, 0.717) is 5.56 Å². The van der Waals surface area contributed by atoms with Gasteiger partial charge < -0.3 is 0 Å². The second-order valence-electron chi connectivity index (χ2n) is 5.45. The summed E-state index contributed by atoms with van der Waals surface area (Å²) in [5.41, 5.74) is 7.25. The number of carbonyl (C=O) groups is 1. The van der Waals surface area contributed by atoms with Crippen LogP contribution >= 0.6 is 0 Å². The minimum Gasteiger partial charge on any atom is -0.267 e. The monoisotopic (exact) mass is 314 g/mol. The van der Waals surface area contributed by atoms with E-state index < -0.39 is 0 Å². The Kier molecular flexibility index (Phi) is 4.82. The number of benzene rings is 3. The van der Waals surface area contributed by atoms with Crippen molar-refractivity contribution < 1.29 is 4.79 Å². The average molecular weight is 314 g/mol. The summed E-state index contributed by atoms with van der Waals surface area (Å²) >= 11 is 0. The van der Waals surface area contributed by atoms with Gasteiger partial charge in [-0.05, 0) is 35.7 Å². The molecular weight excluding hydrogens is 296 g/mol. The van der Waals surface area contributed by atoms with Crippen molar-refractivity contribution in [3.63, 3.8) is 0 Å². The highest BCUT2D eigenvalue weighted by Gasteiger charge is 2.04. The number of hydrogen-bond acceptors (Lipinski definition) is 2. The fourth-order valence-electron chi connectivity index (χ4n) is 2.39. The lowest BCUT2D eigenvalue weighted by atomic mass is 10.0. The van der Waals surface area contributed by atoms with Crippen LogP contribution in [0, 0.1) is 0 Å². The Bertz CT molecular complexity index is 838. The molecule has 0 bridgehead atoms. The Morgan fingerprint density at radius 1 is 0.708 bits per heavy atom. The van der Waals surface area contributed by atoms with E-state index in [9.17, 15) is 4.79 Å². The highest BCUT2D eigenvalue weighted by molar-refractivity contribution is 6.01. The quantitative estimate of drug-likeness (QED) is 0.559. The van der Waals surface area contributed by atoms with E-state index in [-0.39, 0.29) is 5.91 Å². The maximum atomic E-state index is 12.0. The third-order valence-corrected chi connectivity index (χ3v) is 3.77. The molecule has 24 heavy (non-hydrogen) atoms. The van der Waals surface area contributed by atoms with Crippen molar-refractivity contribution >= 4 is 11.6 Å². The first-order chi connectivity index (χ1) is 11.7. The zero-order valence-corrected chi connectivity index (χ0v) is 13.4. The van der Waals surface area contributed by atoms with Crippen LogP contribution in [-0.4, -0.2) is 11.6 Å². The zero-order valence-electron chi connectivity index (χ0n) is 13.4. The normalized spacial score (nSPS) is 11.1. The third kappa shape index (κ3) is 3.76. The summed E-state index contributed by atoms with van der Waals surface area (Å²) < 4.78 is 0. The van der Waals surface area contributed by atoms with Gasteiger partial charge in [0.2, 0.25) is 0 Å². The molecule has 3 aromatic carbocycles. The van der Waals surface area contributed by atoms with Gasteiger partial charge in [0.1, 0.15) is 0 Å². The maximum absolute atomic E-state index is 12.0. The van der Waals surface area contributed by atoms with Gasteiger partial charge in [0, 0.05) is 5.56 Å². The van der Waals surface area contributed by atoms with Gasteiger partial charge in [-0.15, -0.1) is 0 Å². The van der Waals surface area contributed by atoms with Crippen molar-refractivity contribution in [2.24, 2.45) is 5.10 Å². The summed E-state index contributed by atoms with van der Waals surface area (Å²) in [6.07, 6.45) is 0. The standard InChI is InChI=1S/C21H18N2O/c1-16(22-23-21(24)20-10-6-3-7-11-20)17-12-14-19(15-13-17)18-8-4-2-5-9-18/h2-15H,1H3,(H,23,24)/b22-16+. The molecule has 118 valence electrons. The first-order valence-electron chi connectivity index (χ1n) is 7.79. The lowest BCUT2D eigenvalue weighted by Gasteiger charge is -2.05. The van der Waals surface area contributed by atoms with Crippen LogP contribution in [0.1, 0.15) is 22.8 Å². The van der Waals surface area contributed by atoms with Gasteiger partial charge >= 0.3 is 0 Å². The number of hydrazone groups is 1. The fraction of sp³-hybridized carbons (Fsp3) is 0.0476.